The molecule has 1 aromatic heterocycles. The average molecular weight is 332 g/mol. The molecule has 1 saturated carbocycles. The lowest BCUT2D eigenvalue weighted by molar-refractivity contribution is -0.122. The van der Waals surface area contributed by atoms with E-state index in [0.717, 1.165) is 30.6 Å². The molecule has 3 N–H and O–H groups in total. The van der Waals surface area contributed by atoms with Crippen molar-refractivity contribution in [2.75, 3.05) is 6.54 Å². The summed E-state index contributed by atoms with van der Waals surface area (Å²) in [4.78, 5) is 11.8. The normalized spacial score (nSPS) is 22.9. The lowest BCUT2D eigenvalue weighted by Gasteiger charge is -2.28. The Balaban J connectivity index is 1.74. The molecule has 1 aromatic rings. The molecule has 0 radical (unpaired) electrons. The maximum atomic E-state index is 11.8. The number of hydrogen-bond acceptors (Lipinski definition) is 5. The number of thiophene rings is 1. The van der Waals surface area contributed by atoms with Gasteiger partial charge in [-0.05, 0) is 24.3 Å². The number of sulfonamides is 1. The van der Waals surface area contributed by atoms with Crippen molar-refractivity contribution in [2.24, 2.45) is 0 Å². The van der Waals surface area contributed by atoms with Crippen LogP contribution in [0.5, 0.6) is 0 Å². The van der Waals surface area contributed by atoms with Crippen LogP contribution in [-0.2, 0) is 14.8 Å². The first-order valence-electron chi connectivity index (χ1n) is 6.99. The molecule has 0 aliphatic heterocycles. The molecule has 0 spiro atoms. The van der Waals surface area contributed by atoms with E-state index < -0.39 is 16.1 Å². The van der Waals surface area contributed by atoms with Gasteiger partial charge in [0, 0.05) is 13.0 Å². The van der Waals surface area contributed by atoms with E-state index >= 15 is 0 Å². The zero-order valence-corrected chi connectivity index (χ0v) is 13.3. The van der Waals surface area contributed by atoms with Crippen LogP contribution in [0.1, 0.15) is 32.1 Å². The van der Waals surface area contributed by atoms with Gasteiger partial charge in [-0.25, -0.2) is 13.1 Å². The van der Waals surface area contributed by atoms with Crippen molar-refractivity contribution in [1.82, 2.24) is 10.0 Å². The van der Waals surface area contributed by atoms with Crippen LogP contribution in [0.3, 0.4) is 0 Å². The summed E-state index contributed by atoms with van der Waals surface area (Å²) in [7, 11) is -3.52. The lowest BCUT2D eigenvalue weighted by atomic mass is 9.92. The second kappa shape index (κ2) is 7.35. The third kappa shape index (κ3) is 4.77. The summed E-state index contributed by atoms with van der Waals surface area (Å²) in [5, 5.41) is 14.2. The van der Waals surface area contributed by atoms with Gasteiger partial charge in [0.2, 0.25) is 15.9 Å². The Labute approximate surface area is 128 Å². The SMILES string of the molecule is O=C(CCNS(=O)(=O)c1cccs1)NC1CCCCC1O. The molecule has 2 atom stereocenters. The third-order valence-corrected chi connectivity index (χ3v) is 6.34. The highest BCUT2D eigenvalue weighted by Gasteiger charge is 2.24. The van der Waals surface area contributed by atoms with Crippen LogP contribution in [0.25, 0.3) is 0 Å². The molecule has 1 fully saturated rings. The van der Waals surface area contributed by atoms with Crippen LogP contribution in [0.2, 0.25) is 0 Å². The third-order valence-electron chi connectivity index (χ3n) is 3.48. The molecule has 8 heteroatoms. The highest BCUT2D eigenvalue weighted by Crippen LogP contribution is 2.18. The van der Waals surface area contributed by atoms with Gasteiger partial charge in [-0.15, -0.1) is 11.3 Å². The monoisotopic (exact) mass is 332 g/mol. The molecule has 1 aliphatic carbocycles. The zero-order chi connectivity index (χ0) is 15.3. The molecule has 1 amide bonds. The summed E-state index contributed by atoms with van der Waals surface area (Å²) in [5.74, 6) is -0.241. The number of carbonyl (C=O) groups is 1. The first-order valence-corrected chi connectivity index (χ1v) is 9.36. The first kappa shape index (κ1) is 16.4. The molecule has 1 heterocycles. The van der Waals surface area contributed by atoms with E-state index in [9.17, 15) is 18.3 Å². The van der Waals surface area contributed by atoms with Crippen LogP contribution in [0.4, 0.5) is 0 Å². The molecular formula is C13H20N2O4S2. The molecular weight excluding hydrogens is 312 g/mol. The molecule has 6 nitrogen and oxygen atoms in total. The number of amides is 1. The molecule has 0 saturated heterocycles. The van der Waals surface area contributed by atoms with Crippen LogP contribution in [0, 0.1) is 0 Å². The fraction of sp³-hybridized carbons (Fsp3) is 0.615. The Morgan fingerprint density at radius 3 is 2.81 bits per heavy atom. The van der Waals surface area contributed by atoms with Gasteiger partial charge in [0.05, 0.1) is 12.1 Å². The van der Waals surface area contributed by atoms with Gasteiger partial charge in [0.1, 0.15) is 4.21 Å². The van der Waals surface area contributed by atoms with Crippen LogP contribution >= 0.6 is 11.3 Å². The fourth-order valence-corrected chi connectivity index (χ4v) is 4.41. The van der Waals surface area contributed by atoms with Gasteiger partial charge in [0.25, 0.3) is 0 Å². The summed E-state index contributed by atoms with van der Waals surface area (Å²) < 4.78 is 26.3. The van der Waals surface area contributed by atoms with Crippen molar-refractivity contribution in [3.8, 4) is 0 Å². The number of rotatable bonds is 6. The molecule has 21 heavy (non-hydrogen) atoms. The second-order valence-electron chi connectivity index (χ2n) is 5.11. The molecule has 118 valence electrons. The van der Waals surface area contributed by atoms with Crippen molar-refractivity contribution in [1.29, 1.82) is 0 Å². The van der Waals surface area contributed by atoms with E-state index in [1.54, 1.807) is 11.4 Å². The van der Waals surface area contributed by atoms with Crippen molar-refractivity contribution in [2.45, 2.75) is 48.5 Å². The minimum atomic E-state index is -3.52. The van der Waals surface area contributed by atoms with Gasteiger partial charge < -0.3 is 10.4 Å². The van der Waals surface area contributed by atoms with E-state index in [1.165, 1.54) is 6.07 Å². The zero-order valence-electron chi connectivity index (χ0n) is 11.6. The Morgan fingerprint density at radius 1 is 1.38 bits per heavy atom. The Morgan fingerprint density at radius 2 is 2.14 bits per heavy atom. The highest BCUT2D eigenvalue weighted by molar-refractivity contribution is 7.91. The Kier molecular flexibility index (Phi) is 5.74. The smallest absolute Gasteiger partial charge is 0.250 e. The average Bonchev–Trinajstić information content (AvgIpc) is 2.96. The van der Waals surface area contributed by atoms with Crippen LogP contribution < -0.4 is 10.0 Å². The van der Waals surface area contributed by atoms with Crippen molar-refractivity contribution in [3.63, 3.8) is 0 Å². The van der Waals surface area contributed by atoms with Gasteiger partial charge in [-0.3, -0.25) is 4.79 Å². The summed E-state index contributed by atoms with van der Waals surface area (Å²) in [5.41, 5.74) is 0. The highest BCUT2D eigenvalue weighted by atomic mass is 32.2. The largest absolute Gasteiger partial charge is 0.391 e. The minimum absolute atomic E-state index is 0.0505. The van der Waals surface area contributed by atoms with Gasteiger partial charge in [0.15, 0.2) is 0 Å². The number of carbonyl (C=O) groups excluding carboxylic acids is 1. The topological polar surface area (TPSA) is 95.5 Å². The summed E-state index contributed by atoms with van der Waals surface area (Å²) in [6.45, 7) is 0.0505. The fourth-order valence-electron chi connectivity index (χ4n) is 2.35. The van der Waals surface area contributed by atoms with Crippen LogP contribution in [-0.4, -0.2) is 38.1 Å². The molecule has 1 aliphatic rings. The minimum Gasteiger partial charge on any atom is -0.391 e. The molecule has 2 rings (SSSR count). The van der Waals surface area contributed by atoms with E-state index in [2.05, 4.69) is 10.0 Å². The van der Waals surface area contributed by atoms with Crippen molar-refractivity contribution >= 4 is 27.3 Å². The lowest BCUT2D eigenvalue weighted by Crippen LogP contribution is -2.45. The predicted molar refractivity (Wildman–Crippen MR) is 80.5 cm³/mol. The number of nitrogens with one attached hydrogen (secondary N) is 2. The predicted octanol–water partition coefficient (Wildman–Crippen LogP) is 0.836. The quantitative estimate of drug-likeness (QED) is 0.719. The maximum Gasteiger partial charge on any atom is 0.250 e. The molecule has 0 bridgehead atoms. The number of aliphatic hydroxyl groups is 1. The Hall–Kier alpha value is -0.960. The van der Waals surface area contributed by atoms with E-state index in [-0.39, 0.29) is 29.1 Å². The maximum absolute atomic E-state index is 11.8. The number of hydrogen-bond donors (Lipinski definition) is 3. The van der Waals surface area contributed by atoms with Gasteiger partial charge in [-0.1, -0.05) is 18.9 Å². The van der Waals surface area contributed by atoms with E-state index in [0.29, 0.717) is 6.42 Å². The second-order valence-corrected chi connectivity index (χ2v) is 8.05. The van der Waals surface area contributed by atoms with Crippen molar-refractivity contribution in [3.05, 3.63) is 17.5 Å². The molecule has 2 unspecified atom stereocenters. The Bertz CT molecular complexity index is 557. The summed E-state index contributed by atoms with van der Waals surface area (Å²) >= 11 is 1.13. The van der Waals surface area contributed by atoms with E-state index in [4.69, 9.17) is 0 Å². The standard InChI is InChI=1S/C13H20N2O4S2/c16-11-5-2-1-4-10(11)15-12(17)7-8-14-21(18,19)13-6-3-9-20-13/h3,6,9-11,14,16H,1-2,4-5,7-8H2,(H,15,17). The summed E-state index contributed by atoms with van der Waals surface area (Å²) in [6.07, 6.45) is 3.02. The first-order chi connectivity index (χ1) is 9.99. The van der Waals surface area contributed by atoms with Gasteiger partial charge >= 0.3 is 0 Å². The number of aliphatic hydroxyl groups excluding tert-OH is 1. The molecule has 0 aromatic carbocycles. The van der Waals surface area contributed by atoms with Crippen molar-refractivity contribution < 1.29 is 18.3 Å². The van der Waals surface area contributed by atoms with E-state index in [1.807, 2.05) is 0 Å². The van der Waals surface area contributed by atoms with Gasteiger partial charge in [-0.2, -0.15) is 0 Å². The summed E-state index contributed by atoms with van der Waals surface area (Å²) in [6, 6.07) is 2.97. The van der Waals surface area contributed by atoms with Crippen LogP contribution in [0.15, 0.2) is 21.7 Å².